The molecular formula is C14H16F3N3O. The summed E-state index contributed by atoms with van der Waals surface area (Å²) >= 11 is 0. The van der Waals surface area contributed by atoms with E-state index in [-0.39, 0.29) is 12.1 Å². The molecule has 7 heteroatoms. The molecule has 2 aromatic rings. The van der Waals surface area contributed by atoms with Crippen molar-refractivity contribution < 1.29 is 18.3 Å². The molecule has 2 heterocycles. The van der Waals surface area contributed by atoms with Crippen molar-refractivity contribution >= 4 is 0 Å². The fourth-order valence-corrected chi connectivity index (χ4v) is 2.02. The predicted octanol–water partition coefficient (Wildman–Crippen LogP) is 2.98. The maximum atomic E-state index is 12.4. The Hall–Kier alpha value is -1.89. The molecule has 0 fully saturated rings. The number of rotatable bonds is 5. The summed E-state index contributed by atoms with van der Waals surface area (Å²) in [5.74, 6) is 0.686. The molecule has 0 bridgehead atoms. The molecule has 4 nitrogen and oxygen atoms in total. The predicted molar refractivity (Wildman–Crippen MR) is 70.4 cm³/mol. The average molecular weight is 299 g/mol. The van der Waals surface area contributed by atoms with Crippen molar-refractivity contribution in [2.75, 3.05) is 0 Å². The highest BCUT2D eigenvalue weighted by Crippen LogP contribution is 2.29. The number of pyridine rings is 1. The van der Waals surface area contributed by atoms with Crippen LogP contribution in [0.15, 0.2) is 30.7 Å². The second-order valence-corrected chi connectivity index (χ2v) is 4.73. The van der Waals surface area contributed by atoms with Gasteiger partial charge in [-0.2, -0.15) is 13.2 Å². The number of aryl methyl sites for hydroxylation is 1. The lowest BCUT2D eigenvalue weighted by Crippen LogP contribution is -2.11. The van der Waals surface area contributed by atoms with Crippen LogP contribution in [0.3, 0.4) is 0 Å². The average Bonchev–Trinajstić information content (AvgIpc) is 2.86. The van der Waals surface area contributed by atoms with Crippen molar-refractivity contribution in [3.8, 4) is 0 Å². The van der Waals surface area contributed by atoms with Crippen LogP contribution in [-0.2, 0) is 19.1 Å². The summed E-state index contributed by atoms with van der Waals surface area (Å²) in [6.07, 6.45) is -0.0805. The van der Waals surface area contributed by atoms with E-state index in [1.54, 1.807) is 6.20 Å². The van der Waals surface area contributed by atoms with Crippen LogP contribution in [0.2, 0.25) is 0 Å². The third-order valence-corrected chi connectivity index (χ3v) is 3.10. The van der Waals surface area contributed by atoms with Crippen molar-refractivity contribution in [1.82, 2.24) is 14.5 Å². The van der Waals surface area contributed by atoms with Crippen LogP contribution in [0.4, 0.5) is 13.2 Å². The summed E-state index contributed by atoms with van der Waals surface area (Å²) in [5.41, 5.74) is -0.625. The number of hydrogen-bond acceptors (Lipinski definition) is 3. The van der Waals surface area contributed by atoms with Crippen LogP contribution in [0.5, 0.6) is 0 Å². The minimum Gasteiger partial charge on any atom is -0.386 e. The number of alkyl halides is 3. The monoisotopic (exact) mass is 299 g/mol. The minimum atomic E-state index is -4.42. The van der Waals surface area contributed by atoms with Gasteiger partial charge in [0, 0.05) is 31.6 Å². The Bertz CT molecular complexity index is 578. The topological polar surface area (TPSA) is 50.9 Å². The second kappa shape index (κ2) is 6.26. The number of nitrogens with zero attached hydrogens (tertiary/aromatic N) is 3. The first kappa shape index (κ1) is 15.5. The van der Waals surface area contributed by atoms with Gasteiger partial charge in [0.25, 0.3) is 0 Å². The first-order valence-electron chi connectivity index (χ1n) is 6.63. The molecule has 0 aliphatic rings. The highest BCUT2D eigenvalue weighted by Gasteiger charge is 2.31. The van der Waals surface area contributed by atoms with Gasteiger partial charge in [0.05, 0.1) is 11.3 Å². The highest BCUT2D eigenvalue weighted by atomic mass is 19.4. The van der Waals surface area contributed by atoms with E-state index in [0.29, 0.717) is 5.82 Å². The number of aromatic nitrogens is 3. The Kier molecular flexibility index (Phi) is 4.62. The summed E-state index contributed by atoms with van der Waals surface area (Å²) in [4.78, 5) is 7.85. The van der Waals surface area contributed by atoms with Gasteiger partial charge in [0.15, 0.2) is 0 Å². The van der Waals surface area contributed by atoms with Crippen molar-refractivity contribution in [1.29, 1.82) is 0 Å². The quantitative estimate of drug-likeness (QED) is 0.923. The van der Waals surface area contributed by atoms with Gasteiger partial charge in [-0.15, -0.1) is 0 Å². The Morgan fingerprint density at radius 2 is 2.05 bits per heavy atom. The fourth-order valence-electron chi connectivity index (χ4n) is 2.02. The van der Waals surface area contributed by atoms with Crippen LogP contribution < -0.4 is 0 Å². The Balaban J connectivity index is 2.09. The van der Waals surface area contributed by atoms with Crippen molar-refractivity contribution in [2.45, 2.75) is 38.6 Å². The van der Waals surface area contributed by atoms with Crippen molar-refractivity contribution in [3.05, 3.63) is 47.8 Å². The first-order chi connectivity index (χ1) is 9.91. The second-order valence-electron chi connectivity index (χ2n) is 4.73. The minimum absolute atomic E-state index is 0.203. The zero-order valence-electron chi connectivity index (χ0n) is 11.5. The Morgan fingerprint density at radius 1 is 1.29 bits per heavy atom. The van der Waals surface area contributed by atoms with E-state index in [0.717, 1.165) is 25.2 Å². The first-order valence-corrected chi connectivity index (χ1v) is 6.63. The summed E-state index contributed by atoms with van der Waals surface area (Å²) in [6, 6.07) is 2.12. The molecule has 0 spiro atoms. The van der Waals surface area contributed by atoms with Crippen LogP contribution in [0.1, 0.15) is 36.5 Å². The lowest BCUT2D eigenvalue weighted by atomic mass is 10.1. The lowest BCUT2D eigenvalue weighted by molar-refractivity contribution is -0.137. The van der Waals surface area contributed by atoms with Crippen LogP contribution in [-0.4, -0.2) is 19.6 Å². The summed E-state index contributed by atoms with van der Waals surface area (Å²) < 4.78 is 39.3. The largest absolute Gasteiger partial charge is 0.417 e. The van der Waals surface area contributed by atoms with Crippen molar-refractivity contribution in [2.24, 2.45) is 0 Å². The number of aliphatic hydroxyl groups excluding tert-OH is 1. The van der Waals surface area contributed by atoms with E-state index < -0.39 is 17.8 Å². The molecule has 0 aromatic carbocycles. The number of imidazole rings is 1. The molecular weight excluding hydrogens is 283 g/mol. The molecule has 0 aliphatic carbocycles. The summed E-state index contributed by atoms with van der Waals surface area (Å²) in [5, 5.41) is 10.1. The third-order valence-electron chi connectivity index (χ3n) is 3.10. The molecule has 0 aliphatic heterocycles. The molecule has 0 saturated heterocycles. The SMILES string of the molecule is CCCn1ccnc1CC(O)c1ccc(C(F)(F)F)cn1. The van der Waals surface area contributed by atoms with Crippen molar-refractivity contribution in [3.63, 3.8) is 0 Å². The van der Waals surface area contributed by atoms with E-state index in [4.69, 9.17) is 0 Å². The number of hydrogen-bond donors (Lipinski definition) is 1. The Morgan fingerprint density at radius 3 is 2.62 bits per heavy atom. The molecule has 1 atom stereocenters. The van der Waals surface area contributed by atoms with E-state index in [9.17, 15) is 18.3 Å². The number of halogens is 3. The maximum Gasteiger partial charge on any atom is 0.417 e. The molecule has 0 radical (unpaired) electrons. The van der Waals surface area contributed by atoms with E-state index in [1.807, 2.05) is 17.7 Å². The molecule has 1 unspecified atom stereocenters. The van der Waals surface area contributed by atoms with Crippen LogP contribution in [0.25, 0.3) is 0 Å². The van der Waals surface area contributed by atoms with E-state index >= 15 is 0 Å². The maximum absolute atomic E-state index is 12.4. The molecule has 2 rings (SSSR count). The molecule has 1 N–H and O–H groups in total. The molecule has 0 saturated carbocycles. The lowest BCUT2D eigenvalue weighted by Gasteiger charge is -2.12. The van der Waals surface area contributed by atoms with Gasteiger partial charge in [0.1, 0.15) is 11.9 Å². The van der Waals surface area contributed by atoms with E-state index in [2.05, 4.69) is 9.97 Å². The van der Waals surface area contributed by atoms with Gasteiger partial charge < -0.3 is 9.67 Å². The highest BCUT2D eigenvalue weighted by molar-refractivity contribution is 5.18. The number of aliphatic hydroxyl groups is 1. The molecule has 2 aromatic heterocycles. The van der Waals surface area contributed by atoms with Gasteiger partial charge in [-0.25, -0.2) is 4.98 Å². The van der Waals surface area contributed by atoms with Gasteiger partial charge in [-0.05, 0) is 18.6 Å². The van der Waals surface area contributed by atoms with Gasteiger partial charge in [0.2, 0.25) is 0 Å². The zero-order chi connectivity index (χ0) is 15.5. The third kappa shape index (κ3) is 3.81. The van der Waals surface area contributed by atoms with E-state index in [1.165, 1.54) is 6.07 Å². The summed E-state index contributed by atoms with van der Waals surface area (Å²) in [6.45, 7) is 2.81. The van der Waals surface area contributed by atoms with Gasteiger partial charge in [-0.1, -0.05) is 6.92 Å². The standard InChI is InChI=1S/C14H16F3N3O/c1-2-6-20-7-5-18-13(20)8-12(21)11-4-3-10(9-19-11)14(15,16)17/h3-5,7,9,12,21H,2,6,8H2,1H3. The van der Waals surface area contributed by atoms with Gasteiger partial charge >= 0.3 is 6.18 Å². The van der Waals surface area contributed by atoms with Crippen LogP contribution >= 0.6 is 0 Å². The molecule has 0 amide bonds. The fraction of sp³-hybridized carbons (Fsp3) is 0.429. The molecule has 21 heavy (non-hydrogen) atoms. The molecule has 114 valence electrons. The zero-order valence-corrected chi connectivity index (χ0v) is 11.5. The normalized spacial score (nSPS) is 13.4. The Labute approximate surface area is 120 Å². The van der Waals surface area contributed by atoms with Gasteiger partial charge in [-0.3, -0.25) is 4.98 Å². The smallest absolute Gasteiger partial charge is 0.386 e. The summed E-state index contributed by atoms with van der Waals surface area (Å²) in [7, 11) is 0. The van der Waals surface area contributed by atoms with Crippen LogP contribution in [0, 0.1) is 0 Å².